The van der Waals surface area contributed by atoms with Gasteiger partial charge in [-0.3, -0.25) is 18.7 Å². The molecule has 8 nitrogen and oxygen atoms in total. The number of amides is 1. The molecule has 3 rings (SSSR count). The van der Waals surface area contributed by atoms with Crippen molar-refractivity contribution in [1.82, 2.24) is 9.13 Å². The smallest absolute Gasteiger partial charge is 0.332 e. The van der Waals surface area contributed by atoms with E-state index in [2.05, 4.69) is 5.32 Å². The molecule has 0 bridgehead atoms. The standard InChI is InChI=1S/C22H24ClN3O5/c1-5-13(2)26-21(28)14-8-6-7-9-17(14)25(22(26)29)12-20(27)24-16-10-15(23)18(30-3)11-19(16)31-4/h6-11,13H,5,12H2,1-4H3,(H,24,27)/t13-/m0/s1. The van der Waals surface area contributed by atoms with Crippen LogP contribution in [-0.4, -0.2) is 29.3 Å². The summed E-state index contributed by atoms with van der Waals surface area (Å²) in [4.78, 5) is 38.9. The summed E-state index contributed by atoms with van der Waals surface area (Å²) in [5.41, 5.74) is -0.166. The Morgan fingerprint density at radius 3 is 2.45 bits per heavy atom. The molecule has 0 radical (unpaired) electrons. The highest BCUT2D eigenvalue weighted by Gasteiger charge is 2.19. The first kappa shape index (κ1) is 22.4. The number of anilines is 1. The molecule has 0 spiro atoms. The largest absolute Gasteiger partial charge is 0.495 e. The van der Waals surface area contributed by atoms with E-state index in [1.54, 1.807) is 37.3 Å². The number of para-hydroxylation sites is 1. The van der Waals surface area contributed by atoms with Crippen LogP contribution in [0.5, 0.6) is 11.5 Å². The maximum atomic E-state index is 13.1. The van der Waals surface area contributed by atoms with Crippen molar-refractivity contribution in [1.29, 1.82) is 0 Å². The Morgan fingerprint density at radius 2 is 1.81 bits per heavy atom. The molecule has 9 heteroatoms. The average Bonchev–Trinajstić information content (AvgIpc) is 2.76. The normalized spacial score (nSPS) is 11.9. The molecule has 1 aromatic heterocycles. The molecular formula is C22H24ClN3O5. The van der Waals surface area contributed by atoms with Gasteiger partial charge in [0.15, 0.2) is 0 Å². The number of ether oxygens (including phenoxy) is 2. The Labute approximate surface area is 184 Å². The summed E-state index contributed by atoms with van der Waals surface area (Å²) in [6.45, 7) is 3.40. The van der Waals surface area contributed by atoms with Crippen LogP contribution in [-0.2, 0) is 11.3 Å². The van der Waals surface area contributed by atoms with Crippen molar-refractivity contribution in [2.24, 2.45) is 0 Å². The predicted molar refractivity (Wildman–Crippen MR) is 121 cm³/mol. The summed E-state index contributed by atoms with van der Waals surface area (Å²) < 4.78 is 13.0. The average molecular weight is 446 g/mol. The van der Waals surface area contributed by atoms with Crippen molar-refractivity contribution in [2.75, 3.05) is 19.5 Å². The lowest BCUT2D eigenvalue weighted by Crippen LogP contribution is -2.43. The molecule has 0 aliphatic heterocycles. The number of benzene rings is 2. The van der Waals surface area contributed by atoms with E-state index in [0.29, 0.717) is 39.5 Å². The van der Waals surface area contributed by atoms with E-state index in [1.165, 1.54) is 29.4 Å². The zero-order chi connectivity index (χ0) is 22.7. The molecule has 0 saturated heterocycles. The number of carbonyl (C=O) groups is 1. The van der Waals surface area contributed by atoms with E-state index in [4.69, 9.17) is 21.1 Å². The lowest BCUT2D eigenvalue weighted by molar-refractivity contribution is -0.116. The minimum Gasteiger partial charge on any atom is -0.495 e. The molecule has 1 heterocycles. The van der Waals surface area contributed by atoms with Crippen LogP contribution in [0.1, 0.15) is 26.3 Å². The van der Waals surface area contributed by atoms with Crippen molar-refractivity contribution < 1.29 is 14.3 Å². The van der Waals surface area contributed by atoms with Gasteiger partial charge in [-0.1, -0.05) is 30.7 Å². The van der Waals surface area contributed by atoms with Crippen LogP contribution in [0.4, 0.5) is 5.69 Å². The van der Waals surface area contributed by atoms with E-state index < -0.39 is 11.6 Å². The highest BCUT2D eigenvalue weighted by Crippen LogP contribution is 2.35. The minimum atomic E-state index is -0.534. The van der Waals surface area contributed by atoms with Crippen molar-refractivity contribution in [3.8, 4) is 11.5 Å². The van der Waals surface area contributed by atoms with Gasteiger partial charge in [-0.05, 0) is 31.5 Å². The third-order valence-corrected chi connectivity index (χ3v) is 5.46. The van der Waals surface area contributed by atoms with Gasteiger partial charge in [0.05, 0.1) is 35.8 Å². The van der Waals surface area contributed by atoms with Gasteiger partial charge in [-0.15, -0.1) is 0 Å². The Morgan fingerprint density at radius 1 is 1.13 bits per heavy atom. The maximum Gasteiger partial charge on any atom is 0.332 e. The fourth-order valence-corrected chi connectivity index (χ4v) is 3.60. The molecule has 0 aliphatic carbocycles. The van der Waals surface area contributed by atoms with Crippen molar-refractivity contribution in [3.05, 3.63) is 62.3 Å². The second-order valence-electron chi connectivity index (χ2n) is 7.05. The third-order valence-electron chi connectivity index (χ3n) is 5.16. The number of carbonyl (C=O) groups excluding carboxylic acids is 1. The van der Waals surface area contributed by atoms with E-state index in [-0.39, 0.29) is 18.1 Å². The van der Waals surface area contributed by atoms with Crippen LogP contribution in [0, 0.1) is 0 Å². The van der Waals surface area contributed by atoms with Gasteiger partial charge in [0.2, 0.25) is 5.91 Å². The molecule has 0 aliphatic rings. The number of hydrogen-bond acceptors (Lipinski definition) is 5. The van der Waals surface area contributed by atoms with Gasteiger partial charge < -0.3 is 14.8 Å². The Hall–Kier alpha value is -3.26. The van der Waals surface area contributed by atoms with Crippen LogP contribution in [0.3, 0.4) is 0 Å². The zero-order valence-electron chi connectivity index (χ0n) is 17.8. The topological polar surface area (TPSA) is 91.6 Å². The highest BCUT2D eigenvalue weighted by atomic mass is 35.5. The highest BCUT2D eigenvalue weighted by molar-refractivity contribution is 6.32. The number of fused-ring (bicyclic) bond motifs is 1. The van der Waals surface area contributed by atoms with Gasteiger partial charge in [0, 0.05) is 12.1 Å². The Bertz CT molecular complexity index is 1250. The molecule has 1 atom stereocenters. The number of halogens is 1. The molecule has 164 valence electrons. The first-order valence-electron chi connectivity index (χ1n) is 9.77. The van der Waals surface area contributed by atoms with Crippen molar-refractivity contribution in [2.45, 2.75) is 32.9 Å². The summed E-state index contributed by atoms with van der Waals surface area (Å²) in [6, 6.07) is 9.51. The Balaban J connectivity index is 2.04. The molecule has 1 amide bonds. The number of aromatic nitrogens is 2. The molecule has 1 N–H and O–H groups in total. The summed E-state index contributed by atoms with van der Waals surface area (Å²) in [5, 5.41) is 3.39. The molecule has 2 aromatic carbocycles. The van der Waals surface area contributed by atoms with E-state index in [9.17, 15) is 14.4 Å². The fraction of sp³-hybridized carbons (Fsp3) is 0.318. The van der Waals surface area contributed by atoms with E-state index in [1.807, 2.05) is 6.92 Å². The number of nitrogens with zero attached hydrogens (tertiary/aromatic N) is 2. The van der Waals surface area contributed by atoms with Gasteiger partial charge in [0.1, 0.15) is 18.0 Å². The number of hydrogen-bond donors (Lipinski definition) is 1. The summed E-state index contributed by atoms with van der Waals surface area (Å²) >= 11 is 6.17. The first-order chi connectivity index (χ1) is 14.8. The van der Waals surface area contributed by atoms with Gasteiger partial charge in [-0.25, -0.2) is 4.79 Å². The van der Waals surface area contributed by atoms with Crippen LogP contribution >= 0.6 is 11.6 Å². The lowest BCUT2D eigenvalue weighted by atomic mass is 10.2. The summed E-state index contributed by atoms with van der Waals surface area (Å²) in [6.07, 6.45) is 0.598. The van der Waals surface area contributed by atoms with Gasteiger partial charge >= 0.3 is 5.69 Å². The third kappa shape index (κ3) is 4.29. The first-order valence-corrected chi connectivity index (χ1v) is 10.2. The quantitative estimate of drug-likeness (QED) is 0.601. The zero-order valence-corrected chi connectivity index (χ0v) is 18.5. The molecular weight excluding hydrogens is 422 g/mol. The molecule has 3 aromatic rings. The van der Waals surface area contributed by atoms with Crippen LogP contribution in [0.15, 0.2) is 46.0 Å². The molecule has 0 saturated carbocycles. The van der Waals surface area contributed by atoms with Gasteiger partial charge in [0.25, 0.3) is 5.56 Å². The monoisotopic (exact) mass is 445 g/mol. The number of nitrogens with one attached hydrogen (secondary N) is 1. The van der Waals surface area contributed by atoms with E-state index in [0.717, 1.165) is 0 Å². The second-order valence-corrected chi connectivity index (χ2v) is 7.46. The van der Waals surface area contributed by atoms with Crippen LogP contribution < -0.4 is 26.0 Å². The molecule has 0 fully saturated rings. The van der Waals surface area contributed by atoms with Crippen molar-refractivity contribution in [3.63, 3.8) is 0 Å². The lowest BCUT2D eigenvalue weighted by Gasteiger charge is -2.18. The Kier molecular flexibility index (Phi) is 6.70. The minimum absolute atomic E-state index is 0.289. The molecule has 0 unspecified atom stereocenters. The van der Waals surface area contributed by atoms with Crippen LogP contribution in [0.25, 0.3) is 10.9 Å². The number of rotatable bonds is 7. The predicted octanol–water partition coefficient (Wildman–Crippen LogP) is 3.44. The van der Waals surface area contributed by atoms with Gasteiger partial charge in [-0.2, -0.15) is 0 Å². The summed E-state index contributed by atoms with van der Waals surface area (Å²) in [5.74, 6) is 0.289. The second kappa shape index (κ2) is 9.26. The maximum absolute atomic E-state index is 13.1. The molecule has 31 heavy (non-hydrogen) atoms. The van der Waals surface area contributed by atoms with Crippen LogP contribution in [0.2, 0.25) is 5.02 Å². The SMILES string of the molecule is CC[C@H](C)n1c(=O)c2ccccc2n(CC(=O)Nc2cc(Cl)c(OC)cc2OC)c1=O. The fourth-order valence-electron chi connectivity index (χ4n) is 3.35. The summed E-state index contributed by atoms with van der Waals surface area (Å²) in [7, 11) is 2.93. The van der Waals surface area contributed by atoms with E-state index >= 15 is 0 Å². The van der Waals surface area contributed by atoms with Crippen molar-refractivity contribution >= 4 is 34.1 Å². The number of methoxy groups -OCH3 is 2.